The Bertz CT molecular complexity index is 1210. The predicted molar refractivity (Wildman–Crippen MR) is 144 cm³/mol. The van der Waals surface area contributed by atoms with Crippen LogP contribution in [0.4, 0.5) is 11.4 Å². The molecule has 8 nitrogen and oxygen atoms in total. The van der Waals surface area contributed by atoms with E-state index in [2.05, 4.69) is 42.0 Å². The van der Waals surface area contributed by atoms with Gasteiger partial charge in [-0.25, -0.2) is 0 Å². The zero-order valence-electron chi connectivity index (χ0n) is 22.1. The first-order valence-corrected chi connectivity index (χ1v) is 12.3. The average molecular weight is 495 g/mol. The maximum absolute atomic E-state index is 12.4. The summed E-state index contributed by atoms with van der Waals surface area (Å²) in [5, 5.41) is 14.1. The van der Waals surface area contributed by atoms with Crippen molar-refractivity contribution in [2.75, 3.05) is 33.2 Å². The van der Waals surface area contributed by atoms with Crippen molar-refractivity contribution in [2.45, 2.75) is 46.2 Å². The van der Waals surface area contributed by atoms with Gasteiger partial charge in [0.05, 0.1) is 37.6 Å². The summed E-state index contributed by atoms with van der Waals surface area (Å²) in [6.07, 6.45) is 3.19. The molecule has 1 atom stereocenters. The van der Waals surface area contributed by atoms with Crippen LogP contribution < -0.4 is 20.5 Å². The van der Waals surface area contributed by atoms with Crippen molar-refractivity contribution in [3.05, 3.63) is 53.2 Å². The number of benzene rings is 2. The van der Waals surface area contributed by atoms with Crippen molar-refractivity contribution in [1.82, 2.24) is 9.88 Å². The number of hydrogen-bond donors (Lipinski definition) is 3. The lowest BCUT2D eigenvalue weighted by atomic mass is 9.99. The smallest absolute Gasteiger partial charge is 0.252 e. The molecule has 1 aromatic heterocycles. The van der Waals surface area contributed by atoms with E-state index in [0.717, 1.165) is 29.7 Å². The summed E-state index contributed by atoms with van der Waals surface area (Å²) < 4.78 is 10.9. The van der Waals surface area contributed by atoms with Gasteiger partial charge in [-0.15, -0.1) is 0 Å². The zero-order valence-corrected chi connectivity index (χ0v) is 22.1. The molecular weight excluding hydrogens is 456 g/mol. The van der Waals surface area contributed by atoms with Crippen molar-refractivity contribution in [3.63, 3.8) is 0 Å². The summed E-state index contributed by atoms with van der Waals surface area (Å²) >= 11 is 0. The Hall–Kier alpha value is -3.36. The highest BCUT2D eigenvalue weighted by Crippen LogP contribution is 2.38. The summed E-state index contributed by atoms with van der Waals surface area (Å²) in [5.74, 6) is 0.998. The number of aromatic nitrogens is 1. The molecule has 4 N–H and O–H groups in total. The Kier molecular flexibility index (Phi) is 9.12. The molecule has 8 heteroatoms. The van der Waals surface area contributed by atoms with Crippen LogP contribution >= 0.6 is 0 Å². The van der Waals surface area contributed by atoms with Crippen LogP contribution in [0.5, 0.6) is 11.5 Å². The second-order valence-corrected chi connectivity index (χ2v) is 9.44. The number of primary amides is 1. The zero-order chi connectivity index (χ0) is 26.4. The fourth-order valence-electron chi connectivity index (χ4n) is 4.63. The molecule has 36 heavy (non-hydrogen) atoms. The van der Waals surface area contributed by atoms with Gasteiger partial charge in [-0.05, 0) is 49.1 Å². The molecule has 194 valence electrons. The number of pyridine rings is 1. The van der Waals surface area contributed by atoms with E-state index >= 15 is 0 Å². The summed E-state index contributed by atoms with van der Waals surface area (Å²) in [7, 11) is 5.18. The molecule has 0 saturated carbocycles. The van der Waals surface area contributed by atoms with Crippen LogP contribution in [0.25, 0.3) is 10.9 Å². The van der Waals surface area contributed by atoms with Crippen LogP contribution in [-0.4, -0.2) is 54.8 Å². The van der Waals surface area contributed by atoms with E-state index in [4.69, 9.17) is 15.2 Å². The summed E-state index contributed by atoms with van der Waals surface area (Å²) in [5.41, 5.74) is 10.4. The van der Waals surface area contributed by atoms with Gasteiger partial charge in [0.25, 0.3) is 5.91 Å². The van der Waals surface area contributed by atoms with Crippen LogP contribution in [0.15, 0.2) is 36.5 Å². The Labute approximate surface area is 213 Å². The van der Waals surface area contributed by atoms with Gasteiger partial charge in [0.1, 0.15) is 0 Å². The molecule has 3 aromatic rings. The minimum absolute atomic E-state index is 0.0828. The number of hydrogen-bond acceptors (Lipinski definition) is 7. The van der Waals surface area contributed by atoms with Crippen molar-refractivity contribution < 1.29 is 19.4 Å². The van der Waals surface area contributed by atoms with Crippen LogP contribution in [0.2, 0.25) is 0 Å². The molecule has 1 amide bonds. The van der Waals surface area contributed by atoms with Gasteiger partial charge in [0.2, 0.25) is 0 Å². The molecule has 0 bridgehead atoms. The van der Waals surface area contributed by atoms with Crippen LogP contribution in [0.1, 0.15) is 48.7 Å². The minimum Gasteiger partial charge on any atom is -0.493 e. The number of anilines is 2. The first-order chi connectivity index (χ1) is 17.2. The Morgan fingerprint density at radius 2 is 1.89 bits per heavy atom. The van der Waals surface area contributed by atoms with Gasteiger partial charge in [0.15, 0.2) is 11.5 Å². The number of likely N-dealkylation sites (N-methyl/N-ethyl adjacent to an activating group) is 1. The quantitative estimate of drug-likeness (QED) is 0.340. The monoisotopic (exact) mass is 494 g/mol. The first-order valence-electron chi connectivity index (χ1n) is 12.3. The van der Waals surface area contributed by atoms with E-state index in [-0.39, 0.29) is 18.2 Å². The third-order valence-electron chi connectivity index (χ3n) is 6.52. The molecule has 0 fully saturated rings. The van der Waals surface area contributed by atoms with Gasteiger partial charge >= 0.3 is 0 Å². The first kappa shape index (κ1) is 27.2. The van der Waals surface area contributed by atoms with E-state index in [1.54, 1.807) is 26.4 Å². The number of ether oxygens (including phenoxy) is 2. The Morgan fingerprint density at radius 1 is 1.19 bits per heavy atom. The van der Waals surface area contributed by atoms with Crippen molar-refractivity contribution in [1.29, 1.82) is 0 Å². The SMILES string of the molecule is CCc1c(CN(C)[C@@H](CO)CC(C)C)cccc1Nc1c(C(N)=O)cnc2cc(OC)c(OC)cc12. The summed E-state index contributed by atoms with van der Waals surface area (Å²) in [4.78, 5) is 19.0. The number of nitrogens with two attached hydrogens (primary N) is 1. The number of nitrogens with zero attached hydrogens (tertiary/aromatic N) is 2. The predicted octanol–water partition coefficient (Wildman–Crippen LogP) is 4.50. The van der Waals surface area contributed by atoms with Gasteiger partial charge in [0, 0.05) is 35.9 Å². The molecule has 0 unspecified atom stereocenters. The highest BCUT2D eigenvalue weighted by molar-refractivity contribution is 6.08. The number of fused-ring (bicyclic) bond motifs is 1. The second-order valence-electron chi connectivity index (χ2n) is 9.44. The molecule has 3 rings (SSSR count). The summed E-state index contributed by atoms with van der Waals surface area (Å²) in [6.45, 7) is 7.25. The number of rotatable bonds is 12. The van der Waals surface area contributed by atoms with Gasteiger partial charge in [-0.1, -0.05) is 32.9 Å². The maximum Gasteiger partial charge on any atom is 0.252 e. The molecule has 0 radical (unpaired) electrons. The van der Waals surface area contributed by atoms with Crippen LogP contribution in [0, 0.1) is 5.92 Å². The standard InChI is InChI=1S/C28H38N4O4/c1-7-20-18(15-32(4)19(16-33)11-17(2)3)9-8-10-23(20)31-27-21-12-25(35-5)26(36-6)13-24(21)30-14-22(27)28(29)34/h8-10,12-14,17,19,33H,7,11,15-16H2,1-6H3,(H2,29,34)(H,30,31)/t19-/m1/s1. The third-order valence-corrected chi connectivity index (χ3v) is 6.52. The summed E-state index contributed by atoms with van der Waals surface area (Å²) in [6, 6.07) is 9.77. The molecule has 0 aliphatic carbocycles. The number of nitrogens with one attached hydrogen (secondary N) is 1. The lowest BCUT2D eigenvalue weighted by Gasteiger charge is -2.29. The fourth-order valence-corrected chi connectivity index (χ4v) is 4.63. The number of carbonyl (C=O) groups is 1. The molecule has 0 spiro atoms. The van der Waals surface area contributed by atoms with Crippen molar-refractivity contribution in [3.8, 4) is 11.5 Å². The van der Waals surface area contributed by atoms with Crippen LogP contribution in [0.3, 0.4) is 0 Å². The average Bonchev–Trinajstić information content (AvgIpc) is 2.86. The lowest BCUT2D eigenvalue weighted by molar-refractivity contribution is 0.100. The number of carbonyl (C=O) groups excluding carboxylic acids is 1. The van der Waals surface area contributed by atoms with Crippen LogP contribution in [-0.2, 0) is 13.0 Å². The molecular formula is C28H38N4O4. The van der Waals surface area contributed by atoms with Gasteiger partial charge in [-0.3, -0.25) is 14.7 Å². The highest BCUT2D eigenvalue weighted by Gasteiger charge is 2.20. The molecule has 0 aliphatic rings. The maximum atomic E-state index is 12.4. The van der Waals surface area contributed by atoms with E-state index in [1.165, 1.54) is 6.20 Å². The number of aliphatic hydroxyl groups excluding tert-OH is 1. The van der Waals surface area contributed by atoms with Gasteiger partial charge < -0.3 is 25.6 Å². The molecule has 1 heterocycles. The number of methoxy groups -OCH3 is 2. The number of aliphatic hydroxyl groups is 1. The topological polar surface area (TPSA) is 110 Å². The fraction of sp³-hybridized carbons (Fsp3) is 0.429. The highest BCUT2D eigenvalue weighted by atomic mass is 16.5. The van der Waals surface area contributed by atoms with Gasteiger partial charge in [-0.2, -0.15) is 0 Å². The van der Waals surface area contributed by atoms with E-state index in [0.29, 0.717) is 40.6 Å². The molecule has 0 aliphatic heterocycles. The third kappa shape index (κ3) is 5.88. The Balaban J connectivity index is 2.08. The number of amides is 1. The normalized spacial score (nSPS) is 12.2. The lowest BCUT2D eigenvalue weighted by Crippen LogP contribution is -2.35. The minimum atomic E-state index is -0.574. The van der Waals surface area contributed by atoms with Crippen molar-refractivity contribution >= 4 is 28.2 Å². The van der Waals surface area contributed by atoms with E-state index in [1.807, 2.05) is 19.2 Å². The molecule has 2 aromatic carbocycles. The van der Waals surface area contributed by atoms with E-state index in [9.17, 15) is 9.90 Å². The Morgan fingerprint density at radius 3 is 2.47 bits per heavy atom. The molecule has 0 saturated heterocycles. The van der Waals surface area contributed by atoms with Crippen molar-refractivity contribution in [2.24, 2.45) is 11.7 Å². The second kappa shape index (κ2) is 12.1. The van der Waals surface area contributed by atoms with E-state index < -0.39 is 5.91 Å². The largest absolute Gasteiger partial charge is 0.493 e.